The minimum Gasteiger partial charge on any atom is -0.508 e. The Bertz CT molecular complexity index is 366. The van der Waals surface area contributed by atoms with Gasteiger partial charge in [-0.25, -0.2) is 4.79 Å². The van der Waals surface area contributed by atoms with E-state index in [1.54, 1.807) is 12.1 Å². The van der Waals surface area contributed by atoms with Crippen LogP contribution >= 0.6 is 0 Å². The lowest BCUT2D eigenvalue weighted by Gasteiger charge is -2.05. The minimum atomic E-state index is -1.02. The van der Waals surface area contributed by atoms with E-state index in [0.717, 1.165) is 5.56 Å². The summed E-state index contributed by atoms with van der Waals surface area (Å²) in [5, 5.41) is 17.5. The van der Waals surface area contributed by atoms with E-state index in [4.69, 9.17) is 20.7 Å². The Morgan fingerprint density at radius 1 is 1.44 bits per heavy atom. The van der Waals surface area contributed by atoms with Crippen molar-refractivity contribution in [1.29, 1.82) is 0 Å². The van der Waals surface area contributed by atoms with Crippen LogP contribution in [0.15, 0.2) is 30.8 Å². The highest BCUT2D eigenvalue weighted by atomic mass is 16.4. The third kappa shape index (κ3) is 5.59. The number of carbonyl (C=O) groups is 1. The summed E-state index contributed by atoms with van der Waals surface area (Å²) < 4.78 is 0. The molecule has 0 fully saturated rings. The summed E-state index contributed by atoms with van der Waals surface area (Å²) >= 11 is 0. The highest BCUT2D eigenvalue weighted by Gasteiger charge is 2.11. The molecule has 1 rings (SSSR count). The first kappa shape index (κ1) is 13.9. The molecule has 86 valence electrons. The number of carboxylic acid groups (broad SMARTS) is 1. The van der Waals surface area contributed by atoms with E-state index in [1.807, 2.05) is 0 Å². The molecular formula is C11H13NO4. The summed E-state index contributed by atoms with van der Waals surface area (Å²) in [6.45, 7) is 2.68. The molecule has 1 unspecified atom stereocenters. The third-order valence-electron chi connectivity index (χ3n) is 1.71. The molecular weight excluding hydrogens is 210 g/mol. The van der Waals surface area contributed by atoms with Gasteiger partial charge in [0.2, 0.25) is 0 Å². The van der Waals surface area contributed by atoms with Gasteiger partial charge in [0.1, 0.15) is 17.7 Å². The van der Waals surface area contributed by atoms with Crippen molar-refractivity contribution in [1.82, 2.24) is 0 Å². The molecule has 0 aliphatic rings. The Morgan fingerprint density at radius 3 is 2.25 bits per heavy atom. The van der Waals surface area contributed by atoms with Crippen LogP contribution in [-0.4, -0.2) is 28.2 Å². The van der Waals surface area contributed by atoms with Crippen molar-refractivity contribution in [3.05, 3.63) is 36.4 Å². The zero-order chi connectivity index (χ0) is 12.6. The van der Waals surface area contributed by atoms with Gasteiger partial charge in [0.15, 0.2) is 0 Å². The van der Waals surface area contributed by atoms with Gasteiger partial charge in [0, 0.05) is 0 Å². The molecule has 1 atom stereocenters. The molecule has 4 N–H and O–H groups in total. The Morgan fingerprint density at radius 2 is 1.88 bits per heavy atom. The SMILES string of the molecule is C=C=O.NC(Cc1ccc(O)cc1)C(=O)O. The first-order valence-electron chi connectivity index (χ1n) is 4.41. The molecule has 0 aliphatic carbocycles. The number of hydrogen-bond acceptors (Lipinski definition) is 4. The number of phenols is 1. The molecule has 0 spiro atoms. The predicted molar refractivity (Wildman–Crippen MR) is 58.7 cm³/mol. The summed E-state index contributed by atoms with van der Waals surface area (Å²) in [7, 11) is 0. The van der Waals surface area contributed by atoms with Crippen LogP contribution < -0.4 is 5.73 Å². The van der Waals surface area contributed by atoms with Crippen LogP contribution in [0.5, 0.6) is 5.75 Å². The Labute approximate surface area is 92.8 Å². The van der Waals surface area contributed by atoms with Gasteiger partial charge in [0.05, 0.1) is 0 Å². The maximum absolute atomic E-state index is 10.4. The Hall–Kier alpha value is -2.10. The van der Waals surface area contributed by atoms with Gasteiger partial charge in [-0.3, -0.25) is 4.79 Å². The predicted octanol–water partition coefficient (Wildman–Crippen LogP) is 0.351. The first-order chi connectivity index (χ1) is 7.51. The highest BCUT2D eigenvalue weighted by Crippen LogP contribution is 2.10. The molecule has 0 radical (unpaired) electrons. The molecule has 0 aliphatic heterocycles. The highest BCUT2D eigenvalue weighted by molar-refractivity contribution is 5.73. The number of nitrogens with two attached hydrogens (primary N) is 1. The standard InChI is InChI=1S/C9H11NO3.C2H2O/c10-8(9(12)13)5-6-1-3-7(11)4-2-6;1-2-3/h1-4,8,11H,5,10H2,(H,12,13);1H2. The van der Waals surface area contributed by atoms with E-state index in [2.05, 4.69) is 6.58 Å². The van der Waals surface area contributed by atoms with Crippen molar-refractivity contribution >= 4 is 11.9 Å². The molecule has 0 aromatic heterocycles. The van der Waals surface area contributed by atoms with Crippen molar-refractivity contribution in [3.63, 3.8) is 0 Å². The third-order valence-corrected chi connectivity index (χ3v) is 1.71. The summed E-state index contributed by atoms with van der Waals surface area (Å²) in [4.78, 5) is 19.0. The van der Waals surface area contributed by atoms with E-state index >= 15 is 0 Å². The zero-order valence-electron chi connectivity index (χ0n) is 8.59. The summed E-state index contributed by atoms with van der Waals surface area (Å²) in [5.74, 6) is 0.390. The van der Waals surface area contributed by atoms with E-state index < -0.39 is 12.0 Å². The van der Waals surface area contributed by atoms with Gasteiger partial charge in [0.25, 0.3) is 0 Å². The van der Waals surface area contributed by atoms with Crippen LogP contribution in [0.3, 0.4) is 0 Å². The number of benzene rings is 1. The second-order valence-corrected chi connectivity index (χ2v) is 2.96. The molecule has 16 heavy (non-hydrogen) atoms. The molecule has 1 aromatic carbocycles. The van der Waals surface area contributed by atoms with Gasteiger partial charge in [-0.1, -0.05) is 12.1 Å². The van der Waals surface area contributed by atoms with Crippen molar-refractivity contribution in [2.75, 3.05) is 0 Å². The maximum Gasteiger partial charge on any atom is 0.320 e. The molecule has 0 saturated carbocycles. The topological polar surface area (TPSA) is 101 Å². The molecule has 0 bridgehead atoms. The first-order valence-corrected chi connectivity index (χ1v) is 4.41. The van der Waals surface area contributed by atoms with E-state index in [1.165, 1.54) is 18.1 Å². The molecule has 0 heterocycles. The lowest BCUT2D eigenvalue weighted by Crippen LogP contribution is -2.32. The fourth-order valence-corrected chi connectivity index (χ4v) is 0.973. The second-order valence-electron chi connectivity index (χ2n) is 2.96. The average Bonchev–Trinajstić information content (AvgIpc) is 2.22. The number of aliphatic carboxylic acids is 1. The van der Waals surface area contributed by atoms with Crippen molar-refractivity contribution in [3.8, 4) is 5.75 Å². The van der Waals surface area contributed by atoms with Gasteiger partial charge in [-0.05, 0) is 30.7 Å². The smallest absolute Gasteiger partial charge is 0.320 e. The quantitative estimate of drug-likeness (QED) is 0.642. The largest absolute Gasteiger partial charge is 0.508 e. The van der Waals surface area contributed by atoms with E-state index in [-0.39, 0.29) is 12.2 Å². The van der Waals surface area contributed by atoms with Crippen molar-refractivity contribution in [2.45, 2.75) is 12.5 Å². The van der Waals surface area contributed by atoms with Crippen LogP contribution in [0.2, 0.25) is 0 Å². The van der Waals surface area contributed by atoms with E-state index in [0.29, 0.717) is 0 Å². The molecule has 5 heteroatoms. The summed E-state index contributed by atoms with van der Waals surface area (Å²) in [5.41, 5.74) is 6.12. The average molecular weight is 223 g/mol. The Balaban J connectivity index is 0.000000673. The molecule has 1 aromatic rings. The molecule has 0 amide bonds. The van der Waals surface area contributed by atoms with Gasteiger partial charge >= 0.3 is 5.97 Å². The molecule has 5 nitrogen and oxygen atoms in total. The number of hydrogen-bond donors (Lipinski definition) is 3. The maximum atomic E-state index is 10.4. The van der Waals surface area contributed by atoms with E-state index in [9.17, 15) is 4.79 Å². The van der Waals surface area contributed by atoms with Crippen molar-refractivity contribution < 1.29 is 19.8 Å². The molecule has 0 saturated heterocycles. The van der Waals surface area contributed by atoms with Crippen LogP contribution in [0.25, 0.3) is 0 Å². The lowest BCUT2D eigenvalue weighted by molar-refractivity contribution is -0.138. The van der Waals surface area contributed by atoms with Gasteiger partial charge < -0.3 is 15.9 Å². The Kier molecular flexibility index (Phi) is 6.28. The number of rotatable bonds is 3. The van der Waals surface area contributed by atoms with Gasteiger partial charge in [-0.15, -0.1) is 0 Å². The van der Waals surface area contributed by atoms with Crippen molar-refractivity contribution in [2.24, 2.45) is 5.73 Å². The van der Waals surface area contributed by atoms with Gasteiger partial charge in [-0.2, -0.15) is 0 Å². The number of carbonyl (C=O) groups excluding carboxylic acids is 1. The monoisotopic (exact) mass is 223 g/mol. The summed E-state index contributed by atoms with van der Waals surface area (Å²) in [6, 6.07) is 5.42. The fourth-order valence-electron chi connectivity index (χ4n) is 0.973. The fraction of sp³-hybridized carbons (Fsp3) is 0.182. The van der Waals surface area contributed by atoms with Crippen LogP contribution in [-0.2, 0) is 16.0 Å². The number of carboxylic acids is 1. The normalized spacial score (nSPS) is 10.6. The lowest BCUT2D eigenvalue weighted by atomic mass is 10.1. The van der Waals surface area contributed by atoms with Crippen LogP contribution in [0.4, 0.5) is 0 Å². The summed E-state index contributed by atoms with van der Waals surface area (Å²) in [6.07, 6.45) is 0.273. The second kappa shape index (κ2) is 7.23. The van der Waals surface area contributed by atoms with Crippen LogP contribution in [0.1, 0.15) is 5.56 Å². The number of phenolic OH excluding ortho intramolecular Hbond substituents is 1. The zero-order valence-corrected chi connectivity index (χ0v) is 8.59. The minimum absolute atomic E-state index is 0.160. The number of aromatic hydroxyl groups is 1. The van der Waals surface area contributed by atoms with Crippen LogP contribution in [0, 0.1) is 0 Å².